The van der Waals surface area contributed by atoms with Gasteiger partial charge in [-0.2, -0.15) is 21.6 Å². The highest BCUT2D eigenvalue weighted by Crippen LogP contribution is 2.28. The van der Waals surface area contributed by atoms with E-state index >= 15 is 0 Å². The summed E-state index contributed by atoms with van der Waals surface area (Å²) < 4.78 is 60.2. The van der Waals surface area contributed by atoms with Crippen LogP contribution in [0.2, 0.25) is 0 Å². The third-order valence-electron chi connectivity index (χ3n) is 2.23. The molecule has 0 atom stereocenters. The molecule has 1 rings (SSSR count). The first kappa shape index (κ1) is 15.3. The summed E-state index contributed by atoms with van der Waals surface area (Å²) in [6.45, 7) is 0. The molecule has 0 bridgehead atoms. The van der Waals surface area contributed by atoms with Crippen molar-refractivity contribution in [2.24, 2.45) is 0 Å². The van der Waals surface area contributed by atoms with Gasteiger partial charge in [-0.1, -0.05) is 0 Å². The summed E-state index contributed by atoms with van der Waals surface area (Å²) >= 11 is 0. The second kappa shape index (κ2) is 5.08. The lowest BCUT2D eigenvalue weighted by molar-refractivity contribution is -0.0429. The molecule has 1 aromatic rings. The van der Waals surface area contributed by atoms with E-state index in [4.69, 9.17) is 0 Å². The number of anilines is 2. The van der Waals surface area contributed by atoms with Gasteiger partial charge in [0.05, 0.1) is 5.69 Å². The average molecular weight is 296 g/mol. The van der Waals surface area contributed by atoms with Crippen LogP contribution >= 0.6 is 0 Å². The highest BCUT2D eigenvalue weighted by Gasteiger charge is 2.46. The van der Waals surface area contributed by atoms with E-state index in [1.807, 2.05) is 0 Å². The Kier molecular flexibility index (Phi) is 4.09. The molecule has 5 nitrogen and oxygen atoms in total. The van der Waals surface area contributed by atoms with Gasteiger partial charge in [0, 0.05) is 25.3 Å². The van der Waals surface area contributed by atoms with Crippen LogP contribution in [0.15, 0.2) is 18.2 Å². The molecule has 0 spiro atoms. The van der Waals surface area contributed by atoms with E-state index in [2.05, 4.69) is 0 Å². The van der Waals surface area contributed by atoms with E-state index < -0.39 is 21.2 Å². The normalized spacial score (nSPS) is 12.1. The van der Waals surface area contributed by atoms with Gasteiger partial charge in [-0.05, 0) is 18.2 Å². The first-order valence-electron chi connectivity index (χ1n) is 4.94. The summed E-state index contributed by atoms with van der Waals surface area (Å²) in [5.41, 5.74) is -5.59. The second-order valence-electron chi connectivity index (χ2n) is 3.84. The van der Waals surface area contributed by atoms with E-state index in [0.717, 1.165) is 6.07 Å². The van der Waals surface area contributed by atoms with Crippen molar-refractivity contribution < 1.29 is 26.4 Å². The zero-order valence-corrected chi connectivity index (χ0v) is 10.8. The summed E-state index contributed by atoms with van der Waals surface area (Å²) in [6.07, 6.45) is 0.271. The van der Waals surface area contributed by atoms with Gasteiger partial charge in [0.2, 0.25) is 0 Å². The van der Waals surface area contributed by atoms with Gasteiger partial charge < -0.3 is 4.90 Å². The topological polar surface area (TPSA) is 66.5 Å². The van der Waals surface area contributed by atoms with Crippen molar-refractivity contribution in [2.75, 3.05) is 23.7 Å². The molecule has 0 amide bonds. The van der Waals surface area contributed by atoms with Crippen LogP contribution in [-0.2, 0) is 10.0 Å². The van der Waals surface area contributed by atoms with Gasteiger partial charge in [-0.3, -0.25) is 9.52 Å². The Bertz CT molecular complexity index is 582. The predicted octanol–water partition coefficient (Wildman–Crippen LogP) is 1.83. The summed E-state index contributed by atoms with van der Waals surface area (Å²) in [5, 5.41) is 0. The summed E-state index contributed by atoms with van der Waals surface area (Å²) in [5.74, 6) is 0. The Balaban J connectivity index is 3.26. The maximum atomic E-state index is 12.3. The number of nitrogens with one attached hydrogen (secondary N) is 1. The Morgan fingerprint density at radius 2 is 1.84 bits per heavy atom. The van der Waals surface area contributed by atoms with E-state index in [1.54, 1.807) is 19.0 Å². The number of benzene rings is 1. The third-order valence-corrected chi connectivity index (χ3v) is 3.33. The van der Waals surface area contributed by atoms with Crippen molar-refractivity contribution in [3.8, 4) is 0 Å². The van der Waals surface area contributed by atoms with Crippen molar-refractivity contribution in [1.82, 2.24) is 0 Å². The van der Waals surface area contributed by atoms with Crippen LogP contribution in [0.1, 0.15) is 10.4 Å². The van der Waals surface area contributed by atoms with Gasteiger partial charge in [0.15, 0.2) is 6.29 Å². The number of rotatable bonds is 4. The van der Waals surface area contributed by atoms with E-state index in [1.165, 1.54) is 16.9 Å². The lowest BCUT2D eigenvalue weighted by atomic mass is 10.2. The average Bonchev–Trinajstić information content (AvgIpc) is 2.26. The first-order chi connectivity index (χ1) is 8.58. The third kappa shape index (κ3) is 3.37. The number of hydrogen-bond donors (Lipinski definition) is 1. The molecule has 1 aromatic carbocycles. The molecular formula is C10H11F3N2O3S. The molecule has 0 fully saturated rings. The highest BCUT2D eigenvalue weighted by molar-refractivity contribution is 7.93. The lowest BCUT2D eigenvalue weighted by Gasteiger charge is -2.16. The van der Waals surface area contributed by atoms with Crippen molar-refractivity contribution in [2.45, 2.75) is 5.51 Å². The number of aldehydes is 1. The van der Waals surface area contributed by atoms with E-state index in [-0.39, 0.29) is 11.8 Å². The molecule has 0 heterocycles. The zero-order chi connectivity index (χ0) is 14.8. The van der Waals surface area contributed by atoms with Crippen molar-refractivity contribution in [3.05, 3.63) is 23.8 Å². The first-order valence-corrected chi connectivity index (χ1v) is 6.42. The highest BCUT2D eigenvalue weighted by atomic mass is 32.2. The van der Waals surface area contributed by atoms with Crippen LogP contribution in [0.5, 0.6) is 0 Å². The number of nitrogens with zero attached hydrogens (tertiary/aromatic N) is 1. The lowest BCUT2D eigenvalue weighted by Crippen LogP contribution is -2.30. The second-order valence-corrected chi connectivity index (χ2v) is 5.51. The molecule has 0 aliphatic carbocycles. The molecule has 0 aliphatic heterocycles. The minimum absolute atomic E-state index is 0.182. The van der Waals surface area contributed by atoms with Gasteiger partial charge >= 0.3 is 15.5 Å². The molecule has 9 heteroatoms. The number of hydrogen-bond acceptors (Lipinski definition) is 4. The molecule has 106 valence electrons. The van der Waals surface area contributed by atoms with Crippen LogP contribution < -0.4 is 9.62 Å². The molecule has 0 aliphatic rings. The summed E-state index contributed by atoms with van der Waals surface area (Å²) in [7, 11) is -2.31. The fourth-order valence-electron chi connectivity index (χ4n) is 1.22. The standard InChI is InChI=1S/C10H11F3N2O3S/c1-15(2)8-4-3-7(6-16)9(5-8)14-19(17,18)10(11,12)13/h3-6,14H,1-2H3. The predicted molar refractivity (Wildman–Crippen MR) is 64.8 cm³/mol. The largest absolute Gasteiger partial charge is 0.516 e. The number of alkyl halides is 3. The van der Waals surface area contributed by atoms with Crippen LogP contribution in [0.4, 0.5) is 24.5 Å². The van der Waals surface area contributed by atoms with Gasteiger partial charge in [-0.15, -0.1) is 0 Å². The van der Waals surface area contributed by atoms with Crippen LogP contribution in [0.25, 0.3) is 0 Å². The van der Waals surface area contributed by atoms with Gasteiger partial charge in [0.25, 0.3) is 0 Å². The molecule has 0 radical (unpaired) electrons. The number of sulfonamides is 1. The number of carbonyl (C=O) groups is 1. The molecule has 0 aromatic heterocycles. The fourth-order valence-corrected chi connectivity index (χ4v) is 1.80. The minimum Gasteiger partial charge on any atom is -0.378 e. The van der Waals surface area contributed by atoms with Crippen LogP contribution in [-0.4, -0.2) is 34.3 Å². The molecule has 19 heavy (non-hydrogen) atoms. The molecule has 0 saturated heterocycles. The number of carbonyl (C=O) groups excluding carboxylic acids is 1. The van der Waals surface area contributed by atoms with Crippen molar-refractivity contribution in [3.63, 3.8) is 0 Å². The Morgan fingerprint density at radius 1 is 1.26 bits per heavy atom. The maximum absolute atomic E-state index is 12.3. The zero-order valence-electron chi connectivity index (χ0n) is 10.0. The minimum atomic E-state index is -5.55. The summed E-state index contributed by atoms with van der Waals surface area (Å²) in [4.78, 5) is 12.3. The Labute approximate surface area is 108 Å². The maximum Gasteiger partial charge on any atom is 0.516 e. The van der Waals surface area contributed by atoms with Crippen molar-refractivity contribution >= 4 is 27.7 Å². The number of halogens is 3. The quantitative estimate of drug-likeness (QED) is 0.861. The van der Waals surface area contributed by atoms with Crippen LogP contribution in [0.3, 0.4) is 0 Å². The molecule has 1 N–H and O–H groups in total. The van der Waals surface area contributed by atoms with Crippen LogP contribution in [0, 0.1) is 0 Å². The SMILES string of the molecule is CN(C)c1ccc(C=O)c(NS(=O)(=O)C(F)(F)F)c1. The van der Waals surface area contributed by atoms with Gasteiger partial charge in [0.1, 0.15) is 0 Å². The smallest absolute Gasteiger partial charge is 0.378 e. The Hall–Kier alpha value is -1.77. The van der Waals surface area contributed by atoms with Gasteiger partial charge in [-0.25, -0.2) is 0 Å². The fraction of sp³-hybridized carbons (Fsp3) is 0.300. The molecule has 0 unspecified atom stereocenters. The van der Waals surface area contributed by atoms with E-state index in [9.17, 15) is 26.4 Å². The Morgan fingerprint density at radius 3 is 2.26 bits per heavy atom. The monoisotopic (exact) mass is 296 g/mol. The van der Waals surface area contributed by atoms with Crippen molar-refractivity contribution in [1.29, 1.82) is 0 Å². The molecular weight excluding hydrogens is 285 g/mol. The summed E-state index contributed by atoms with van der Waals surface area (Å²) in [6, 6.07) is 3.86. The molecule has 0 saturated carbocycles. The van der Waals surface area contributed by atoms with E-state index in [0.29, 0.717) is 5.69 Å².